The van der Waals surface area contributed by atoms with Crippen LogP contribution in [-0.4, -0.2) is 24.4 Å². The Morgan fingerprint density at radius 3 is 2.61 bits per heavy atom. The second kappa shape index (κ2) is 7.73. The number of ether oxygens (including phenoxy) is 1. The maximum Gasteiger partial charge on any atom is 0.0758 e. The molecular formula is C26H44O2. The molecule has 1 saturated heterocycles. The average Bonchev–Trinajstić information content (AvgIpc) is 2.99. The van der Waals surface area contributed by atoms with Crippen LogP contribution >= 0.6 is 0 Å². The number of fused-ring (bicyclic) bond motifs is 5. The van der Waals surface area contributed by atoms with Gasteiger partial charge in [-0.1, -0.05) is 60.0 Å². The molecule has 2 saturated carbocycles. The van der Waals surface area contributed by atoms with Crippen molar-refractivity contribution >= 4 is 0 Å². The van der Waals surface area contributed by atoms with Gasteiger partial charge in [-0.25, -0.2) is 0 Å². The van der Waals surface area contributed by atoms with Crippen LogP contribution in [0.25, 0.3) is 0 Å². The maximum atomic E-state index is 11.2. The Morgan fingerprint density at radius 1 is 1.07 bits per heavy atom. The zero-order valence-electron chi connectivity index (χ0n) is 19.0. The highest BCUT2D eigenvalue weighted by Gasteiger charge is 2.60. The summed E-state index contributed by atoms with van der Waals surface area (Å²) in [5, 5.41) is 11.2. The normalized spacial score (nSPS) is 46.5. The maximum absolute atomic E-state index is 11.2. The van der Waals surface area contributed by atoms with E-state index in [4.69, 9.17) is 4.74 Å². The Hall–Kier alpha value is -0.340. The van der Waals surface area contributed by atoms with Crippen LogP contribution in [0.4, 0.5) is 0 Å². The molecule has 0 aromatic carbocycles. The van der Waals surface area contributed by atoms with Crippen LogP contribution in [-0.2, 0) is 4.74 Å². The van der Waals surface area contributed by atoms with Crippen molar-refractivity contribution in [3.05, 3.63) is 11.6 Å². The minimum absolute atomic E-state index is 0.255. The molecule has 28 heavy (non-hydrogen) atoms. The number of aliphatic hydroxyl groups excluding tert-OH is 1. The lowest BCUT2D eigenvalue weighted by atomic mass is 9.47. The molecule has 0 unspecified atom stereocenters. The van der Waals surface area contributed by atoms with Gasteiger partial charge in [0.2, 0.25) is 0 Å². The molecule has 0 aromatic heterocycles. The van der Waals surface area contributed by atoms with Crippen LogP contribution in [0.1, 0.15) is 86.0 Å². The van der Waals surface area contributed by atoms with Crippen molar-refractivity contribution in [1.29, 1.82) is 0 Å². The van der Waals surface area contributed by atoms with Crippen LogP contribution in [0.5, 0.6) is 0 Å². The Labute approximate surface area is 173 Å². The van der Waals surface area contributed by atoms with E-state index in [2.05, 4.69) is 40.7 Å². The molecule has 0 bridgehead atoms. The van der Waals surface area contributed by atoms with Gasteiger partial charge in [-0.3, -0.25) is 0 Å². The second-order valence-corrected chi connectivity index (χ2v) is 11.7. The lowest BCUT2D eigenvalue weighted by molar-refractivity contribution is -0.104. The first-order valence-corrected chi connectivity index (χ1v) is 12.2. The van der Waals surface area contributed by atoms with E-state index in [-0.39, 0.29) is 11.5 Å². The van der Waals surface area contributed by atoms with Gasteiger partial charge in [0.05, 0.1) is 12.7 Å². The molecule has 4 aliphatic rings. The van der Waals surface area contributed by atoms with Crippen LogP contribution in [0, 0.1) is 46.3 Å². The molecule has 0 amide bonds. The predicted octanol–water partition coefficient (Wildman–Crippen LogP) is 6.24. The van der Waals surface area contributed by atoms with E-state index in [9.17, 15) is 5.11 Å². The van der Waals surface area contributed by atoms with E-state index >= 15 is 0 Å². The molecule has 1 N–H and O–H groups in total. The smallest absolute Gasteiger partial charge is 0.0758 e. The van der Waals surface area contributed by atoms with Crippen LogP contribution < -0.4 is 0 Å². The summed E-state index contributed by atoms with van der Waals surface area (Å²) in [6, 6.07) is 0. The first kappa shape index (κ1) is 20.9. The molecule has 4 rings (SSSR count). The first-order valence-electron chi connectivity index (χ1n) is 12.2. The zero-order chi connectivity index (χ0) is 20.1. The molecule has 0 aromatic rings. The Balaban J connectivity index is 1.53. The van der Waals surface area contributed by atoms with E-state index in [1.54, 1.807) is 0 Å². The van der Waals surface area contributed by atoms with Gasteiger partial charge in [0.15, 0.2) is 0 Å². The monoisotopic (exact) mass is 388 g/mol. The lowest BCUT2D eigenvalue weighted by Crippen LogP contribution is -2.55. The van der Waals surface area contributed by atoms with E-state index < -0.39 is 0 Å². The highest BCUT2D eigenvalue weighted by atomic mass is 16.5. The van der Waals surface area contributed by atoms with E-state index in [1.807, 2.05) is 0 Å². The number of rotatable bonds is 5. The fraction of sp³-hybridized carbons (Fsp3) is 0.923. The summed E-state index contributed by atoms with van der Waals surface area (Å²) >= 11 is 0. The first-order chi connectivity index (χ1) is 13.3. The molecular weight excluding hydrogens is 344 g/mol. The third kappa shape index (κ3) is 3.31. The highest BCUT2D eigenvalue weighted by Crippen LogP contribution is 2.66. The van der Waals surface area contributed by atoms with Crippen molar-refractivity contribution in [2.45, 2.75) is 92.1 Å². The van der Waals surface area contributed by atoms with Crippen molar-refractivity contribution < 1.29 is 9.84 Å². The molecule has 0 radical (unpaired) electrons. The van der Waals surface area contributed by atoms with Crippen molar-refractivity contribution in [3.8, 4) is 0 Å². The number of aliphatic hydroxyl groups is 1. The minimum atomic E-state index is -0.255. The second-order valence-electron chi connectivity index (χ2n) is 11.7. The van der Waals surface area contributed by atoms with Gasteiger partial charge in [0.25, 0.3) is 0 Å². The fourth-order valence-corrected chi connectivity index (χ4v) is 8.21. The molecule has 1 aliphatic heterocycles. The summed E-state index contributed by atoms with van der Waals surface area (Å²) in [6.07, 6.45) is 12.6. The third-order valence-electron chi connectivity index (χ3n) is 9.88. The van der Waals surface area contributed by atoms with Gasteiger partial charge in [0, 0.05) is 6.61 Å². The molecule has 0 spiro atoms. The van der Waals surface area contributed by atoms with Crippen LogP contribution in [0.2, 0.25) is 0 Å². The van der Waals surface area contributed by atoms with Gasteiger partial charge >= 0.3 is 0 Å². The van der Waals surface area contributed by atoms with Gasteiger partial charge < -0.3 is 9.84 Å². The lowest BCUT2D eigenvalue weighted by Gasteiger charge is -2.59. The molecule has 2 heteroatoms. The molecule has 2 nitrogen and oxygen atoms in total. The summed E-state index contributed by atoms with van der Waals surface area (Å²) in [6.45, 7) is 13.9. The fourth-order valence-electron chi connectivity index (χ4n) is 8.21. The molecule has 160 valence electrons. The van der Waals surface area contributed by atoms with Crippen molar-refractivity contribution in [2.75, 3.05) is 13.2 Å². The SMILES string of the molecule is CC(C)CCC[C@@H](C)[C@H]1CC[C@H]2[C@@H]3[C@@H](O)C=C4COCC[C@]4(C)[C@H]3CC[C@]12C. The van der Waals surface area contributed by atoms with Gasteiger partial charge in [-0.05, 0) is 84.0 Å². The molecule has 8 atom stereocenters. The van der Waals surface area contributed by atoms with Crippen molar-refractivity contribution in [3.63, 3.8) is 0 Å². The summed E-state index contributed by atoms with van der Waals surface area (Å²) < 4.78 is 5.76. The Kier molecular flexibility index (Phi) is 5.77. The quantitative estimate of drug-likeness (QED) is 0.565. The van der Waals surface area contributed by atoms with Crippen LogP contribution in [0.15, 0.2) is 11.6 Å². The number of hydrogen-bond donors (Lipinski definition) is 1. The Bertz CT molecular complexity index is 595. The summed E-state index contributed by atoms with van der Waals surface area (Å²) in [4.78, 5) is 0. The van der Waals surface area contributed by atoms with Gasteiger partial charge in [-0.2, -0.15) is 0 Å². The van der Waals surface area contributed by atoms with Gasteiger partial charge in [-0.15, -0.1) is 0 Å². The minimum Gasteiger partial charge on any atom is -0.389 e. The standard InChI is InChI=1S/C26H44O2/c1-17(2)7-6-8-18(3)20-9-10-21-24-22(11-12-26(20,21)5)25(4)13-14-28-16-19(25)15-23(24)27/h15,17-18,20-24,27H,6-14,16H2,1-5H3/t18-,20-,21+,22+,23+,24+,25+,26-/m1/s1. The van der Waals surface area contributed by atoms with E-state index in [0.29, 0.717) is 23.2 Å². The van der Waals surface area contributed by atoms with Gasteiger partial charge in [0.1, 0.15) is 0 Å². The van der Waals surface area contributed by atoms with E-state index in [1.165, 1.54) is 50.5 Å². The topological polar surface area (TPSA) is 29.5 Å². The Morgan fingerprint density at radius 2 is 1.86 bits per heavy atom. The molecule has 1 heterocycles. The third-order valence-corrected chi connectivity index (χ3v) is 9.88. The number of hydrogen-bond acceptors (Lipinski definition) is 2. The zero-order valence-corrected chi connectivity index (χ0v) is 19.0. The van der Waals surface area contributed by atoms with Crippen molar-refractivity contribution in [2.24, 2.45) is 46.3 Å². The highest BCUT2D eigenvalue weighted by molar-refractivity contribution is 5.27. The predicted molar refractivity (Wildman–Crippen MR) is 116 cm³/mol. The summed E-state index contributed by atoms with van der Waals surface area (Å²) in [7, 11) is 0. The molecule has 3 fully saturated rings. The van der Waals surface area contributed by atoms with E-state index in [0.717, 1.165) is 37.4 Å². The van der Waals surface area contributed by atoms with Crippen molar-refractivity contribution in [1.82, 2.24) is 0 Å². The summed E-state index contributed by atoms with van der Waals surface area (Å²) in [5.74, 6) is 4.34. The van der Waals surface area contributed by atoms with Crippen LogP contribution in [0.3, 0.4) is 0 Å². The largest absolute Gasteiger partial charge is 0.389 e. The average molecular weight is 389 g/mol. The molecule has 3 aliphatic carbocycles. The summed E-state index contributed by atoms with van der Waals surface area (Å²) in [5.41, 5.74) is 2.10.